The van der Waals surface area contributed by atoms with Crippen LogP contribution in [0.15, 0.2) is 48.7 Å². The van der Waals surface area contributed by atoms with Gasteiger partial charge < -0.3 is 14.7 Å². The zero-order chi connectivity index (χ0) is 22.1. The van der Waals surface area contributed by atoms with Crippen LogP contribution in [0.1, 0.15) is 29.5 Å². The molecule has 0 unspecified atom stereocenters. The van der Waals surface area contributed by atoms with Crippen LogP contribution in [0, 0.1) is 0 Å². The molecule has 2 N–H and O–H groups in total. The lowest BCUT2D eigenvalue weighted by atomic mass is 9.73. The summed E-state index contributed by atoms with van der Waals surface area (Å²) in [5, 5.41) is 16.3. The summed E-state index contributed by atoms with van der Waals surface area (Å²) in [6, 6.07) is 11.9. The first-order valence-electron chi connectivity index (χ1n) is 9.93. The van der Waals surface area contributed by atoms with E-state index >= 15 is 0 Å². The molecule has 0 spiro atoms. The highest BCUT2D eigenvalue weighted by Crippen LogP contribution is 2.37. The lowest BCUT2D eigenvalue weighted by Gasteiger charge is -2.41. The number of carbonyl (C=O) groups is 1. The summed E-state index contributed by atoms with van der Waals surface area (Å²) in [5.41, 5.74) is 0.793. The topological polar surface area (TPSA) is 78.4 Å². The number of rotatable bonds is 5. The predicted molar refractivity (Wildman–Crippen MR) is 108 cm³/mol. The lowest BCUT2D eigenvalue weighted by molar-refractivity contribution is -0.137. The van der Waals surface area contributed by atoms with Crippen LogP contribution in [0.4, 0.5) is 18.0 Å². The number of hydrogen-bond acceptors (Lipinski definition) is 3. The second kappa shape index (κ2) is 8.22. The smallest absolute Gasteiger partial charge is 0.416 e. The van der Waals surface area contributed by atoms with Gasteiger partial charge in [-0.1, -0.05) is 30.3 Å². The van der Waals surface area contributed by atoms with Crippen LogP contribution in [0.2, 0.25) is 0 Å². The number of benzene rings is 2. The molecule has 1 saturated heterocycles. The Hall–Kier alpha value is -3.07. The molecule has 0 saturated carbocycles. The largest absolute Gasteiger partial charge is 0.465 e. The van der Waals surface area contributed by atoms with E-state index in [4.69, 9.17) is 4.74 Å². The molecule has 2 heterocycles. The number of carboxylic acid groups (broad SMARTS) is 1. The number of amides is 1. The van der Waals surface area contributed by atoms with Gasteiger partial charge in [-0.3, -0.25) is 5.10 Å². The summed E-state index contributed by atoms with van der Waals surface area (Å²) in [6.45, 7) is 1.01. The Kier molecular flexibility index (Phi) is 5.62. The SMILES string of the molecule is O=C(O)N1CCC(COCc2cc(C(F)(F)F)cc3cn[nH]c23)(c2ccccc2)CC1. The maximum absolute atomic E-state index is 13.3. The number of H-pyrrole nitrogens is 1. The fraction of sp³-hybridized carbons (Fsp3) is 0.364. The Balaban J connectivity index is 1.55. The van der Waals surface area contributed by atoms with E-state index in [2.05, 4.69) is 10.2 Å². The van der Waals surface area contributed by atoms with E-state index < -0.39 is 23.2 Å². The number of halogens is 3. The maximum Gasteiger partial charge on any atom is 0.416 e. The van der Waals surface area contributed by atoms with Gasteiger partial charge in [0.1, 0.15) is 0 Å². The van der Waals surface area contributed by atoms with Crippen molar-refractivity contribution in [1.29, 1.82) is 0 Å². The zero-order valence-electron chi connectivity index (χ0n) is 16.7. The van der Waals surface area contributed by atoms with Crippen LogP contribution in [-0.4, -0.2) is 46.0 Å². The molecule has 31 heavy (non-hydrogen) atoms. The summed E-state index contributed by atoms with van der Waals surface area (Å²) in [6.07, 6.45) is -2.90. The molecule has 2 aromatic carbocycles. The number of aromatic amines is 1. The molecule has 0 atom stereocenters. The van der Waals surface area contributed by atoms with Crippen molar-refractivity contribution in [3.63, 3.8) is 0 Å². The van der Waals surface area contributed by atoms with Gasteiger partial charge in [0, 0.05) is 29.5 Å². The number of piperidine rings is 1. The molecular formula is C22H22F3N3O3. The highest BCUT2D eigenvalue weighted by Gasteiger charge is 2.38. The molecule has 6 nitrogen and oxygen atoms in total. The predicted octanol–water partition coefficient (Wildman–Crippen LogP) is 4.81. The summed E-state index contributed by atoms with van der Waals surface area (Å²) in [5.74, 6) is 0. The summed E-state index contributed by atoms with van der Waals surface area (Å²) >= 11 is 0. The first kappa shape index (κ1) is 21.2. The van der Waals surface area contributed by atoms with Crippen molar-refractivity contribution in [3.8, 4) is 0 Å². The number of aromatic nitrogens is 2. The highest BCUT2D eigenvalue weighted by atomic mass is 19.4. The average molecular weight is 433 g/mol. The van der Waals surface area contributed by atoms with Crippen molar-refractivity contribution in [2.24, 2.45) is 0 Å². The Labute approximate surface area is 176 Å². The highest BCUT2D eigenvalue weighted by molar-refractivity contribution is 5.82. The molecular weight excluding hydrogens is 411 g/mol. The molecule has 1 amide bonds. The van der Waals surface area contributed by atoms with E-state index in [1.54, 1.807) is 0 Å². The minimum absolute atomic E-state index is 0.0140. The number of ether oxygens (including phenoxy) is 1. The van der Waals surface area contributed by atoms with Crippen molar-refractivity contribution in [1.82, 2.24) is 15.1 Å². The number of alkyl halides is 3. The third kappa shape index (κ3) is 4.36. The molecule has 1 fully saturated rings. The summed E-state index contributed by atoms with van der Waals surface area (Å²) in [7, 11) is 0. The lowest BCUT2D eigenvalue weighted by Crippen LogP contribution is -2.47. The average Bonchev–Trinajstić information content (AvgIpc) is 3.23. The fourth-order valence-corrected chi connectivity index (χ4v) is 4.20. The minimum atomic E-state index is -4.46. The fourth-order valence-electron chi connectivity index (χ4n) is 4.20. The van der Waals surface area contributed by atoms with Crippen molar-refractivity contribution in [2.45, 2.75) is 31.0 Å². The number of likely N-dealkylation sites (tertiary alicyclic amines) is 1. The Bertz CT molecular complexity index is 1060. The van der Waals surface area contributed by atoms with Gasteiger partial charge in [0.2, 0.25) is 0 Å². The monoisotopic (exact) mass is 433 g/mol. The zero-order valence-corrected chi connectivity index (χ0v) is 16.7. The first-order chi connectivity index (χ1) is 14.8. The minimum Gasteiger partial charge on any atom is -0.465 e. The van der Waals surface area contributed by atoms with E-state index in [0.717, 1.165) is 17.7 Å². The Morgan fingerprint density at radius 3 is 2.55 bits per heavy atom. The third-order valence-electron chi connectivity index (χ3n) is 5.97. The van der Waals surface area contributed by atoms with Crippen LogP contribution < -0.4 is 0 Å². The molecule has 0 radical (unpaired) electrons. The van der Waals surface area contributed by atoms with E-state index in [0.29, 0.717) is 42.4 Å². The van der Waals surface area contributed by atoms with Crippen molar-refractivity contribution in [2.75, 3.05) is 19.7 Å². The number of hydrogen-bond donors (Lipinski definition) is 2. The van der Waals surface area contributed by atoms with Crippen LogP contribution in [0.3, 0.4) is 0 Å². The van der Waals surface area contributed by atoms with Crippen molar-refractivity contribution < 1.29 is 27.8 Å². The molecule has 1 aliphatic rings. The van der Waals surface area contributed by atoms with Crippen LogP contribution >= 0.6 is 0 Å². The van der Waals surface area contributed by atoms with E-state index in [1.807, 2.05) is 30.3 Å². The van der Waals surface area contributed by atoms with E-state index in [9.17, 15) is 23.1 Å². The Morgan fingerprint density at radius 2 is 1.90 bits per heavy atom. The number of fused-ring (bicyclic) bond motifs is 1. The summed E-state index contributed by atoms with van der Waals surface area (Å²) < 4.78 is 45.8. The second-order valence-electron chi connectivity index (χ2n) is 7.88. The van der Waals surface area contributed by atoms with Gasteiger partial charge in [0.25, 0.3) is 0 Å². The quantitative estimate of drug-likeness (QED) is 0.605. The van der Waals surface area contributed by atoms with E-state index in [-0.39, 0.29) is 13.2 Å². The first-order valence-corrected chi connectivity index (χ1v) is 9.93. The van der Waals surface area contributed by atoms with Crippen LogP contribution in [0.5, 0.6) is 0 Å². The molecule has 164 valence electrons. The van der Waals surface area contributed by atoms with Gasteiger partial charge in [-0.15, -0.1) is 0 Å². The standard InChI is InChI=1S/C22H22F3N3O3/c23-22(24,25)18-10-15-12-26-27-19(15)16(11-18)13-31-14-21(17-4-2-1-3-5-17)6-8-28(9-7-21)20(29)30/h1-5,10-12H,6-9,13-14H2,(H,26,27)(H,29,30). The molecule has 4 rings (SSSR count). The normalized spacial score (nSPS) is 16.5. The van der Waals surface area contributed by atoms with Gasteiger partial charge >= 0.3 is 12.3 Å². The Morgan fingerprint density at radius 1 is 1.19 bits per heavy atom. The summed E-state index contributed by atoms with van der Waals surface area (Å²) in [4.78, 5) is 12.7. The number of nitrogens with zero attached hydrogens (tertiary/aromatic N) is 2. The maximum atomic E-state index is 13.3. The van der Waals surface area contributed by atoms with Gasteiger partial charge in [0.15, 0.2) is 0 Å². The molecule has 3 aromatic rings. The van der Waals surface area contributed by atoms with Gasteiger partial charge in [-0.05, 0) is 30.5 Å². The van der Waals surface area contributed by atoms with Crippen LogP contribution in [0.25, 0.3) is 10.9 Å². The van der Waals surface area contributed by atoms with Gasteiger partial charge in [-0.2, -0.15) is 18.3 Å². The molecule has 1 aliphatic heterocycles. The number of nitrogens with one attached hydrogen (secondary N) is 1. The molecule has 1 aromatic heterocycles. The molecule has 9 heteroatoms. The molecule has 0 aliphatic carbocycles. The van der Waals surface area contributed by atoms with Gasteiger partial charge in [-0.25, -0.2) is 4.79 Å². The second-order valence-corrected chi connectivity index (χ2v) is 7.88. The van der Waals surface area contributed by atoms with Crippen molar-refractivity contribution in [3.05, 3.63) is 65.4 Å². The van der Waals surface area contributed by atoms with Gasteiger partial charge in [0.05, 0.1) is 30.5 Å². The van der Waals surface area contributed by atoms with Crippen molar-refractivity contribution >= 4 is 17.0 Å². The van der Waals surface area contributed by atoms with Crippen LogP contribution in [-0.2, 0) is 22.9 Å². The third-order valence-corrected chi connectivity index (χ3v) is 5.97. The van der Waals surface area contributed by atoms with E-state index in [1.165, 1.54) is 11.1 Å². The molecule has 0 bridgehead atoms.